The van der Waals surface area contributed by atoms with Gasteiger partial charge in [-0.1, -0.05) is 6.07 Å². The van der Waals surface area contributed by atoms with Gasteiger partial charge in [0.1, 0.15) is 0 Å². The molecule has 0 radical (unpaired) electrons. The number of carbonyl (C=O) groups is 1. The molecule has 1 aromatic rings. The summed E-state index contributed by atoms with van der Waals surface area (Å²) < 4.78 is 75.9. The molecule has 0 aliphatic rings. The van der Waals surface area contributed by atoms with Crippen molar-refractivity contribution in [2.75, 3.05) is 11.9 Å². The van der Waals surface area contributed by atoms with Gasteiger partial charge in [-0.3, -0.25) is 5.32 Å². The average molecular weight is 287 g/mol. The van der Waals surface area contributed by atoms with Gasteiger partial charge >= 0.3 is 18.4 Å². The van der Waals surface area contributed by atoms with E-state index in [1.165, 1.54) is 0 Å². The molecule has 0 bridgehead atoms. The fourth-order valence-electron chi connectivity index (χ4n) is 1.07. The Morgan fingerprint density at radius 1 is 1.16 bits per heavy atom. The Hall–Kier alpha value is -1.93. The molecule has 0 atom stereocenters. The van der Waals surface area contributed by atoms with E-state index in [9.17, 15) is 31.1 Å². The highest BCUT2D eigenvalue weighted by molar-refractivity contribution is 5.84. The summed E-state index contributed by atoms with van der Waals surface area (Å²) in [5, 5.41) is 1.77. The number of rotatable bonds is 2. The van der Waals surface area contributed by atoms with Crippen LogP contribution >= 0.6 is 0 Å². The van der Waals surface area contributed by atoms with E-state index in [4.69, 9.17) is 0 Å². The van der Waals surface area contributed by atoms with Crippen LogP contribution in [-0.4, -0.2) is 18.9 Å². The van der Waals surface area contributed by atoms with Crippen LogP contribution in [0.15, 0.2) is 24.3 Å². The van der Waals surface area contributed by atoms with Gasteiger partial charge in [0.15, 0.2) is 6.61 Å². The maximum atomic E-state index is 12.3. The number of ether oxygens (including phenoxy) is 1. The zero-order chi connectivity index (χ0) is 14.7. The topological polar surface area (TPSA) is 38.3 Å². The minimum absolute atomic E-state index is 0.318. The molecule has 0 fully saturated rings. The fourth-order valence-corrected chi connectivity index (χ4v) is 1.07. The average Bonchev–Trinajstić information content (AvgIpc) is 2.25. The van der Waals surface area contributed by atoms with Crippen LogP contribution < -0.4 is 5.32 Å². The Kier molecular flexibility index (Phi) is 4.28. The van der Waals surface area contributed by atoms with E-state index < -0.39 is 30.6 Å². The van der Waals surface area contributed by atoms with E-state index >= 15 is 0 Å². The summed E-state index contributed by atoms with van der Waals surface area (Å²) in [6, 6.07) is 3.42. The van der Waals surface area contributed by atoms with E-state index in [-0.39, 0.29) is 5.69 Å². The predicted molar refractivity (Wildman–Crippen MR) is 52.5 cm³/mol. The number of hydrogen-bond donors (Lipinski definition) is 1. The van der Waals surface area contributed by atoms with Crippen molar-refractivity contribution in [1.82, 2.24) is 0 Å². The van der Waals surface area contributed by atoms with E-state index in [0.29, 0.717) is 6.07 Å². The molecule has 0 heterocycles. The second-order valence-corrected chi connectivity index (χ2v) is 3.39. The number of benzene rings is 1. The van der Waals surface area contributed by atoms with Crippen LogP contribution in [0.4, 0.5) is 36.8 Å². The Morgan fingerprint density at radius 2 is 1.79 bits per heavy atom. The second-order valence-electron chi connectivity index (χ2n) is 3.39. The Morgan fingerprint density at radius 3 is 2.32 bits per heavy atom. The third-order valence-corrected chi connectivity index (χ3v) is 1.80. The third-order valence-electron chi connectivity index (χ3n) is 1.80. The van der Waals surface area contributed by atoms with Gasteiger partial charge in [-0.25, -0.2) is 4.79 Å². The lowest BCUT2D eigenvalue weighted by atomic mass is 10.2. The number of anilines is 1. The monoisotopic (exact) mass is 287 g/mol. The Balaban J connectivity index is 2.65. The summed E-state index contributed by atoms with van der Waals surface area (Å²) in [6.45, 7) is -1.82. The molecular weight excluding hydrogens is 280 g/mol. The largest absolute Gasteiger partial charge is 0.440 e. The van der Waals surface area contributed by atoms with Crippen LogP contribution in [0.25, 0.3) is 0 Å². The fraction of sp³-hybridized carbons (Fsp3) is 0.300. The van der Waals surface area contributed by atoms with Gasteiger partial charge in [0.05, 0.1) is 5.56 Å². The summed E-state index contributed by atoms with van der Waals surface area (Å²) >= 11 is 0. The molecule has 0 aromatic heterocycles. The molecule has 0 aliphatic heterocycles. The molecule has 1 rings (SSSR count). The van der Waals surface area contributed by atoms with Crippen LogP contribution in [0.1, 0.15) is 5.56 Å². The molecular formula is C10H7F6NO2. The molecule has 1 aromatic carbocycles. The van der Waals surface area contributed by atoms with E-state index in [2.05, 4.69) is 4.74 Å². The minimum Gasteiger partial charge on any atom is -0.440 e. The molecule has 1 amide bonds. The zero-order valence-corrected chi connectivity index (χ0v) is 9.10. The SMILES string of the molecule is O=C(Nc1cccc(C(F)(F)F)c1)OCC(F)(F)F. The second kappa shape index (κ2) is 5.37. The van der Waals surface area contributed by atoms with Crippen molar-refractivity contribution in [1.29, 1.82) is 0 Å². The van der Waals surface area contributed by atoms with Crippen LogP contribution in [0.5, 0.6) is 0 Å². The molecule has 9 heteroatoms. The highest BCUT2D eigenvalue weighted by atomic mass is 19.4. The zero-order valence-electron chi connectivity index (χ0n) is 9.10. The summed E-state index contributed by atoms with van der Waals surface area (Å²) in [6.07, 6.45) is -10.8. The van der Waals surface area contributed by atoms with E-state index in [0.717, 1.165) is 18.2 Å². The van der Waals surface area contributed by atoms with Crippen molar-refractivity contribution in [3.05, 3.63) is 29.8 Å². The van der Waals surface area contributed by atoms with Crippen molar-refractivity contribution < 1.29 is 35.9 Å². The normalized spacial score (nSPS) is 12.1. The lowest BCUT2D eigenvalue weighted by Gasteiger charge is -2.11. The maximum Gasteiger partial charge on any atom is 0.422 e. The molecule has 0 saturated heterocycles. The summed E-state index contributed by atoms with van der Waals surface area (Å²) in [7, 11) is 0. The number of halogens is 6. The number of alkyl halides is 6. The number of carbonyl (C=O) groups excluding carboxylic acids is 1. The summed E-state index contributed by atoms with van der Waals surface area (Å²) in [5.41, 5.74) is -1.36. The standard InChI is InChI=1S/C10H7F6NO2/c11-9(12,13)5-19-8(18)17-7-3-1-2-6(4-7)10(14,15)16/h1-4H,5H2,(H,17,18). The van der Waals surface area contributed by atoms with Crippen molar-refractivity contribution in [2.24, 2.45) is 0 Å². The van der Waals surface area contributed by atoms with Gasteiger partial charge in [0.2, 0.25) is 0 Å². The van der Waals surface area contributed by atoms with E-state index in [1.54, 1.807) is 5.32 Å². The van der Waals surface area contributed by atoms with Gasteiger partial charge in [-0.05, 0) is 18.2 Å². The highest BCUT2D eigenvalue weighted by Gasteiger charge is 2.31. The first-order valence-corrected chi connectivity index (χ1v) is 4.76. The minimum atomic E-state index is -4.70. The number of nitrogens with one attached hydrogen (secondary N) is 1. The van der Waals surface area contributed by atoms with E-state index in [1.807, 2.05) is 0 Å². The van der Waals surface area contributed by atoms with Crippen LogP contribution in [-0.2, 0) is 10.9 Å². The van der Waals surface area contributed by atoms with Crippen LogP contribution in [0, 0.1) is 0 Å². The van der Waals surface area contributed by atoms with Gasteiger partial charge in [0.25, 0.3) is 0 Å². The first kappa shape index (κ1) is 15.1. The quantitative estimate of drug-likeness (QED) is 0.840. The van der Waals surface area contributed by atoms with Crippen molar-refractivity contribution in [2.45, 2.75) is 12.4 Å². The van der Waals surface area contributed by atoms with Crippen LogP contribution in [0.2, 0.25) is 0 Å². The van der Waals surface area contributed by atoms with Gasteiger partial charge in [0, 0.05) is 5.69 Å². The molecule has 0 spiro atoms. The lowest BCUT2D eigenvalue weighted by Crippen LogP contribution is -2.23. The molecule has 106 valence electrons. The molecule has 3 nitrogen and oxygen atoms in total. The number of amides is 1. The predicted octanol–water partition coefficient (Wildman–Crippen LogP) is 3.82. The summed E-state index contributed by atoms with van der Waals surface area (Å²) in [4.78, 5) is 10.9. The number of hydrogen-bond acceptors (Lipinski definition) is 2. The molecule has 0 saturated carbocycles. The smallest absolute Gasteiger partial charge is 0.422 e. The van der Waals surface area contributed by atoms with Crippen molar-refractivity contribution >= 4 is 11.8 Å². The molecule has 0 unspecified atom stereocenters. The van der Waals surface area contributed by atoms with Gasteiger partial charge in [-0.2, -0.15) is 26.3 Å². The van der Waals surface area contributed by atoms with Gasteiger partial charge < -0.3 is 4.74 Å². The first-order chi connectivity index (χ1) is 8.58. The third kappa shape index (κ3) is 5.49. The Labute approximate surface area is 103 Å². The summed E-state index contributed by atoms with van der Waals surface area (Å²) in [5.74, 6) is 0. The first-order valence-electron chi connectivity index (χ1n) is 4.76. The molecule has 0 aliphatic carbocycles. The molecule has 19 heavy (non-hydrogen) atoms. The Bertz CT molecular complexity index is 454. The molecule has 1 N–H and O–H groups in total. The maximum absolute atomic E-state index is 12.3. The highest BCUT2D eigenvalue weighted by Crippen LogP contribution is 2.30. The van der Waals surface area contributed by atoms with Crippen molar-refractivity contribution in [3.8, 4) is 0 Å². The lowest BCUT2D eigenvalue weighted by molar-refractivity contribution is -0.159. The van der Waals surface area contributed by atoms with Crippen LogP contribution in [0.3, 0.4) is 0 Å². The van der Waals surface area contributed by atoms with Crippen molar-refractivity contribution in [3.63, 3.8) is 0 Å². The van der Waals surface area contributed by atoms with Gasteiger partial charge in [-0.15, -0.1) is 0 Å².